The number of hydrogen-bond donors (Lipinski definition) is 7. The molecule has 0 spiro atoms. The van der Waals surface area contributed by atoms with Crippen LogP contribution in [0.5, 0.6) is 0 Å². The summed E-state index contributed by atoms with van der Waals surface area (Å²) in [6.45, 7) is 70.5. The maximum absolute atomic E-state index is 13.0. The Morgan fingerprint density at radius 1 is 0.702 bits per heavy atom. The van der Waals surface area contributed by atoms with Crippen LogP contribution in [0.4, 0.5) is 20.2 Å². The number of carbonyl (C=O) groups is 8. The van der Waals surface area contributed by atoms with Crippen LogP contribution in [-0.2, 0) is 67.6 Å². The molecule has 3 saturated heterocycles. The van der Waals surface area contributed by atoms with Crippen molar-refractivity contribution >= 4 is 141 Å². The van der Waals surface area contributed by atoms with Crippen molar-refractivity contribution < 1.29 is 84.0 Å². The van der Waals surface area contributed by atoms with Crippen molar-refractivity contribution in [3.05, 3.63) is 181 Å². The van der Waals surface area contributed by atoms with Crippen molar-refractivity contribution in [1.82, 2.24) is 25.2 Å². The zero-order valence-electron chi connectivity index (χ0n) is 86.7. The van der Waals surface area contributed by atoms with Crippen LogP contribution in [0.1, 0.15) is 256 Å². The number of ketones is 4. The molecule has 6 atom stereocenters. The third kappa shape index (κ3) is 44.7. The van der Waals surface area contributed by atoms with Gasteiger partial charge in [-0.25, -0.2) is 55.2 Å². The fourth-order valence-electron chi connectivity index (χ4n) is 12.7. The number of hydrazine groups is 1. The molecule has 2 aliphatic carbocycles. The van der Waals surface area contributed by atoms with Crippen LogP contribution in [0.3, 0.4) is 0 Å². The molecule has 782 valence electrons. The highest BCUT2D eigenvalue weighted by Crippen LogP contribution is 2.35. The standard InChI is InChI=1S/C11H15N3S.C11H14N2OS.C10H12F2.C9H14O.C8H12O2.C7H9N3.C7H12N2.C7H11NO2.C7H11NO.C7H10O3.C7H10O2S.C5H8N2O3.C5H11NO3S.CH4/c1-9(2)11-12-14(15(3)13-11)10-7-5-4-6-8-10;1-8(2)11-12-9-6-4-5-7-10(9)15(3,14)13-11;1-6(2)8-4-9(11)7(3)10(12)5-8;1-6(2)8-4-7(3)5-9(8)10;1-5(2)6-3-4-7(9)8(6)10;1-5(2)7-6(8-3)4-9-10-7;1-5(2)7-8-4-6(3)9-7;1-4(2)7-5(9)3-6(10)8-7;1-5(2)7-8-6(3)4-9-7;2*1-4(2)7-5(8)3-6(9)10-7;1-3(2)7-4(8)6-5(9)10-7;1-4(2)5(7)6-10(3,8)9;/h4-9H,3H2,1-2H3,(H,12,13);4-8H,3H2,1-2H3,(H,12,13,14);4-6H,1-3H3;5-6,8,10H,3-4H2,1-2H3;5,10H,3-4H2,1-2H3;5H,4H2,1-2H3;5H,4H2,1-3H3;4,7H,3H2,1-2H3,(H,8,10);5H,3-4H2,1-2H3;2*4,7H,3H2,1-2H3;3H,1-2H3,(H,6,8,9);4H,1-3H3,(H,6,7);1H4. The number of rotatable bonds is 15. The highest BCUT2D eigenvalue weighted by Gasteiger charge is 2.37. The molecule has 2 amide bonds. The van der Waals surface area contributed by atoms with E-state index in [1.807, 2.05) is 154 Å². The number of hydrogen-bond acceptors (Lipinski definition) is 28. The van der Waals surface area contributed by atoms with E-state index < -0.39 is 54.8 Å². The molecule has 3 aromatic carbocycles. The van der Waals surface area contributed by atoms with Gasteiger partial charge in [-0.2, -0.15) is 19.0 Å². The summed E-state index contributed by atoms with van der Waals surface area (Å²) < 4.78 is 86.9. The second-order valence-electron chi connectivity index (χ2n) is 37.9. The minimum atomic E-state index is -3.37. The molecule has 4 aromatic rings. The van der Waals surface area contributed by atoms with Gasteiger partial charge in [0.15, 0.2) is 46.0 Å². The molecule has 141 heavy (non-hydrogen) atoms. The minimum absolute atomic E-state index is 0. The highest BCUT2D eigenvalue weighted by molar-refractivity contribution is 8.15. The van der Waals surface area contributed by atoms with Gasteiger partial charge >= 0.3 is 17.4 Å². The fraction of sp³-hybridized carbons (Fsp3) is 0.549. The molecule has 0 radical (unpaired) electrons. The number of H-pyrrole nitrogens is 1. The number of aliphatic hydroxyl groups excluding tert-OH is 2. The topological polar surface area (TPSA) is 457 Å². The van der Waals surface area contributed by atoms with Gasteiger partial charge in [0.05, 0.1) is 99.2 Å². The fourth-order valence-corrected chi connectivity index (χ4v) is 16.8. The molecule has 39 heteroatoms. The molecule has 3 fully saturated rings. The summed E-state index contributed by atoms with van der Waals surface area (Å²) >= 11 is 1.19. The number of cyclic esters (lactones) is 1. The van der Waals surface area contributed by atoms with Crippen molar-refractivity contribution in [2.45, 2.75) is 274 Å². The van der Waals surface area contributed by atoms with Crippen molar-refractivity contribution in [2.24, 2.45) is 105 Å². The number of aliphatic hydroxyl groups is 2. The second-order valence-corrected chi connectivity index (χ2v) is 44.0. The number of aromatic amines is 1. The first kappa shape index (κ1) is 128. The molecule has 0 bridgehead atoms. The maximum atomic E-state index is 13.0. The number of fused-ring (bicyclic) bond motifs is 1. The quantitative estimate of drug-likeness (QED) is 0.0251. The van der Waals surface area contributed by atoms with Crippen molar-refractivity contribution in [1.29, 1.82) is 0 Å². The number of thioether (sulfide) groups is 1. The predicted octanol–water partition coefficient (Wildman–Crippen LogP) is 19.9. The summed E-state index contributed by atoms with van der Waals surface area (Å²) in [6, 6.07) is 20.0. The van der Waals surface area contributed by atoms with Gasteiger partial charge in [-0.05, 0) is 147 Å². The van der Waals surface area contributed by atoms with Crippen LogP contribution >= 0.6 is 22.6 Å². The van der Waals surface area contributed by atoms with Gasteiger partial charge in [-0.1, -0.05) is 234 Å². The molecule has 1 aromatic heterocycles. The second kappa shape index (κ2) is 60.7. The largest absolute Gasteiger partial charge is 0.512 e. The SMILES string of the molecule is C.C=C1C=C(O)C(C(C)C)C1.C=C1COC(C(C)C)=N1.C=S1(=O)N=C(C(C)C)Nc2ccccc21.C=S1N=C(C(C)C)NN1c1ccccc1.CC(C)C(=O)NS(C)(=O)=O.CC(C)C1=C(O)C(=O)CC1.CC(C)C1NC(=O)CC1=O.CC(C)C1OC(=O)CC1=O.CC(C)C1SC(=O)CC1=O.CC(C)n1oc(=O)[nH]c1=O.CC1=NC(C(C)C)=NC1.Cc1c(F)cc(C(C)C)cc1F.[C-]#[N+]C1=C(C(C)C)N=NC1. The molecule has 14 rings (SSSR count). The number of Topliss-reactive ketones (excluding diaryl/α,β-unsaturated/α-hetero) is 4. The third-order valence-corrected chi connectivity index (χ3v) is 25.4. The number of aliphatic imine (C=N–C) groups is 3. The number of amides is 2. The van der Waals surface area contributed by atoms with Gasteiger partial charge < -0.3 is 34.8 Å². The van der Waals surface area contributed by atoms with E-state index >= 15 is 0 Å². The van der Waals surface area contributed by atoms with Crippen LogP contribution in [0.15, 0.2) is 179 Å². The van der Waals surface area contributed by atoms with Gasteiger partial charge in [0.25, 0.3) is 0 Å². The van der Waals surface area contributed by atoms with Crippen LogP contribution in [-0.4, -0.2) is 163 Å². The Bertz CT molecular complexity index is 5600. The molecule has 10 aliphatic rings. The van der Waals surface area contributed by atoms with E-state index in [0.29, 0.717) is 88.8 Å². The van der Waals surface area contributed by atoms with E-state index in [2.05, 4.69) is 152 Å². The molecular formula is C102H153F2N15O18S4. The number of halogens is 2. The Balaban J connectivity index is 0.000000766. The van der Waals surface area contributed by atoms with Gasteiger partial charge in [-0.15, -0.1) is 4.74 Å². The van der Waals surface area contributed by atoms with Crippen LogP contribution < -0.4 is 36.6 Å². The number of azo groups is 1. The lowest BCUT2D eigenvalue weighted by Crippen LogP contribution is -2.35. The van der Waals surface area contributed by atoms with Crippen molar-refractivity contribution in [3.63, 3.8) is 0 Å². The average molecular weight is 2040 g/mol. The van der Waals surface area contributed by atoms with Gasteiger partial charge in [-0.3, -0.25) is 53.5 Å². The summed E-state index contributed by atoms with van der Waals surface area (Å²) in [6.07, 6.45) is 4.62. The van der Waals surface area contributed by atoms with Crippen molar-refractivity contribution in [3.8, 4) is 0 Å². The number of ether oxygens (including phenoxy) is 2. The van der Waals surface area contributed by atoms with Gasteiger partial charge in [0.2, 0.25) is 27.5 Å². The molecular weight excluding hydrogens is 1890 g/mol. The number of nitrogens with zero attached hydrogens (tertiary/aromatic N) is 10. The first-order chi connectivity index (χ1) is 64.9. The Morgan fingerprint density at radius 3 is 1.59 bits per heavy atom. The first-order valence-electron chi connectivity index (χ1n) is 46.5. The number of para-hydroxylation sites is 2. The van der Waals surface area contributed by atoms with E-state index in [0.717, 1.165) is 93.4 Å². The third-order valence-electron chi connectivity index (χ3n) is 20.7. The van der Waals surface area contributed by atoms with Crippen LogP contribution in [0, 0.1) is 96.1 Å². The number of benzene rings is 3. The smallest absolute Gasteiger partial charge is 0.440 e. The lowest BCUT2D eigenvalue weighted by atomic mass is 9.94. The number of amidine groups is 3. The average Bonchev–Trinajstić information content (AvgIpc) is 1.71. The maximum Gasteiger partial charge on any atom is 0.440 e. The zero-order valence-corrected chi connectivity index (χ0v) is 90.0. The summed E-state index contributed by atoms with van der Waals surface area (Å²) in [5, 5.41) is 31.9. The Kier molecular flexibility index (Phi) is 54.9. The normalized spacial score (nSPS) is 19.5. The van der Waals surface area contributed by atoms with E-state index in [4.69, 9.17) is 21.2 Å². The number of allylic oxidation sites excluding steroid dienone is 6. The number of esters is 1. The predicted molar refractivity (Wildman–Crippen MR) is 568 cm³/mol. The van der Waals surface area contributed by atoms with E-state index in [9.17, 15) is 74.5 Å². The first-order valence-corrected chi connectivity index (χ1v) is 52.3. The lowest BCUT2D eigenvalue weighted by Gasteiger charge is -2.22. The Morgan fingerprint density at radius 2 is 1.28 bits per heavy atom. The highest BCUT2D eigenvalue weighted by atomic mass is 32.2. The molecule has 7 N–H and O–H groups in total. The number of anilines is 2. The molecule has 33 nitrogen and oxygen atoms in total. The Labute approximate surface area is 840 Å². The van der Waals surface area contributed by atoms with E-state index in [1.165, 1.54) is 30.8 Å². The summed E-state index contributed by atoms with van der Waals surface area (Å²) in [5.74, 6) is 12.7. The van der Waals surface area contributed by atoms with Gasteiger partial charge in [0.1, 0.15) is 42.2 Å². The summed E-state index contributed by atoms with van der Waals surface area (Å²) in [4.78, 5) is 126. The molecule has 0 saturated carbocycles. The molecule has 6 unspecified atom stereocenters. The summed E-state index contributed by atoms with van der Waals surface area (Å²) in [7, 11) is -6.23. The minimum Gasteiger partial charge on any atom is -0.512 e. The number of nitrogens with one attached hydrogen (secondary N) is 5. The number of aromatic nitrogens is 2. The van der Waals surface area contributed by atoms with E-state index in [-0.39, 0.29) is 136 Å². The number of carbonyl (C=O) groups excluding carboxylic acids is 8. The Hall–Kier alpha value is -11.5. The zero-order chi connectivity index (χ0) is 107. The van der Waals surface area contributed by atoms with Gasteiger partial charge in [0, 0.05) is 64.1 Å². The van der Waals surface area contributed by atoms with Crippen molar-refractivity contribution in [2.75, 3.05) is 35.7 Å². The molecule has 9 heterocycles. The number of sulfonamides is 1. The monoisotopic (exact) mass is 2040 g/mol. The summed E-state index contributed by atoms with van der Waals surface area (Å²) in [5.41, 5.74) is 11.1. The molecule has 8 aliphatic heterocycles. The van der Waals surface area contributed by atoms with Crippen LogP contribution in [0.25, 0.3) is 4.85 Å². The van der Waals surface area contributed by atoms with Crippen LogP contribution in [0.2, 0.25) is 0 Å². The lowest BCUT2D eigenvalue weighted by molar-refractivity contribution is -0.144. The van der Waals surface area contributed by atoms with E-state index in [1.54, 1.807) is 39.8 Å².